The summed E-state index contributed by atoms with van der Waals surface area (Å²) < 4.78 is 0. The third-order valence-electron chi connectivity index (χ3n) is 4.70. The average Bonchev–Trinajstić information content (AvgIpc) is 2.76. The minimum Gasteiger partial charge on any atom is -0.310 e. The normalized spacial score (nSPS) is 28.8. The Kier molecular flexibility index (Phi) is 4.57. The van der Waals surface area contributed by atoms with E-state index in [0.717, 1.165) is 25.3 Å². The highest BCUT2D eigenvalue weighted by atomic mass is 32.1. The number of thiazole rings is 1. The number of hydrogen-bond donors (Lipinski definition) is 1. The summed E-state index contributed by atoms with van der Waals surface area (Å²) in [6.07, 6.45) is 1.17. The van der Waals surface area contributed by atoms with Crippen LogP contribution in [0, 0.1) is 12.3 Å². The highest BCUT2D eigenvalue weighted by molar-refractivity contribution is 7.09. The minimum absolute atomic E-state index is 0.237. The molecular formula is C16H29N3S. The van der Waals surface area contributed by atoms with Crippen LogP contribution in [0.1, 0.15) is 51.7 Å². The second-order valence-electron chi connectivity index (χ2n) is 7.41. The van der Waals surface area contributed by atoms with Gasteiger partial charge in [-0.1, -0.05) is 27.7 Å². The lowest BCUT2D eigenvalue weighted by atomic mass is 9.81. The largest absolute Gasteiger partial charge is 0.310 e. The first kappa shape index (κ1) is 15.9. The molecule has 1 N–H and O–H groups in total. The van der Waals surface area contributed by atoms with Gasteiger partial charge in [-0.15, -0.1) is 11.3 Å². The number of nitrogens with one attached hydrogen (secondary N) is 1. The molecule has 1 saturated heterocycles. The number of hydrogen-bond acceptors (Lipinski definition) is 4. The topological polar surface area (TPSA) is 28.2 Å². The maximum atomic E-state index is 4.65. The van der Waals surface area contributed by atoms with Crippen molar-refractivity contribution < 1.29 is 0 Å². The van der Waals surface area contributed by atoms with Gasteiger partial charge in [-0.2, -0.15) is 0 Å². The van der Waals surface area contributed by atoms with Crippen LogP contribution in [-0.2, 0) is 6.54 Å². The molecule has 1 aromatic rings. The summed E-state index contributed by atoms with van der Waals surface area (Å²) in [6.45, 7) is 16.9. The number of aromatic nitrogens is 1. The molecule has 1 fully saturated rings. The Morgan fingerprint density at radius 1 is 1.50 bits per heavy atom. The molecule has 2 rings (SSSR count). The summed E-state index contributed by atoms with van der Waals surface area (Å²) in [5.74, 6) is 0. The number of aryl methyl sites for hydroxylation is 1. The van der Waals surface area contributed by atoms with Crippen molar-refractivity contribution in [3.8, 4) is 0 Å². The van der Waals surface area contributed by atoms with Crippen LogP contribution in [0.3, 0.4) is 0 Å². The van der Waals surface area contributed by atoms with Crippen LogP contribution in [0.4, 0.5) is 0 Å². The molecule has 0 saturated carbocycles. The SMILES string of the molecule is CCC1(C)CNC(C(C)(C)C)CN1Cc1nc(C)cs1. The van der Waals surface area contributed by atoms with Crippen molar-refractivity contribution in [2.45, 2.75) is 66.1 Å². The molecule has 0 aliphatic carbocycles. The van der Waals surface area contributed by atoms with Gasteiger partial charge in [0.15, 0.2) is 0 Å². The zero-order chi connectivity index (χ0) is 15.0. The van der Waals surface area contributed by atoms with Crippen molar-refractivity contribution >= 4 is 11.3 Å². The predicted octanol–water partition coefficient (Wildman–Crippen LogP) is 3.44. The van der Waals surface area contributed by atoms with Crippen molar-refractivity contribution in [2.24, 2.45) is 5.41 Å². The van der Waals surface area contributed by atoms with Crippen LogP contribution in [0.15, 0.2) is 5.38 Å². The van der Waals surface area contributed by atoms with E-state index < -0.39 is 0 Å². The molecule has 1 aliphatic heterocycles. The molecular weight excluding hydrogens is 266 g/mol. The van der Waals surface area contributed by atoms with Gasteiger partial charge in [-0.25, -0.2) is 4.98 Å². The first-order valence-electron chi connectivity index (χ1n) is 7.64. The van der Waals surface area contributed by atoms with E-state index in [1.165, 1.54) is 11.4 Å². The van der Waals surface area contributed by atoms with Crippen LogP contribution < -0.4 is 5.32 Å². The maximum absolute atomic E-state index is 4.65. The van der Waals surface area contributed by atoms with Crippen molar-refractivity contribution in [3.05, 3.63) is 16.1 Å². The molecule has 3 nitrogen and oxygen atoms in total. The van der Waals surface area contributed by atoms with E-state index in [-0.39, 0.29) is 5.54 Å². The zero-order valence-corrected chi connectivity index (χ0v) is 14.6. The molecule has 1 aliphatic rings. The minimum atomic E-state index is 0.237. The van der Waals surface area contributed by atoms with Gasteiger partial charge in [0.1, 0.15) is 5.01 Å². The van der Waals surface area contributed by atoms with E-state index in [2.05, 4.69) is 62.1 Å². The third-order valence-corrected chi connectivity index (χ3v) is 5.65. The molecule has 0 aromatic carbocycles. The smallest absolute Gasteiger partial charge is 0.107 e. The van der Waals surface area contributed by atoms with Crippen LogP contribution in [0.2, 0.25) is 0 Å². The predicted molar refractivity (Wildman–Crippen MR) is 87.2 cm³/mol. The number of nitrogens with zero attached hydrogens (tertiary/aromatic N) is 2. The Bertz CT molecular complexity index is 449. The van der Waals surface area contributed by atoms with Crippen molar-refractivity contribution in [1.82, 2.24) is 15.2 Å². The Morgan fingerprint density at radius 3 is 2.70 bits per heavy atom. The maximum Gasteiger partial charge on any atom is 0.107 e. The third kappa shape index (κ3) is 3.41. The molecule has 114 valence electrons. The second-order valence-corrected chi connectivity index (χ2v) is 8.36. The first-order chi connectivity index (χ1) is 9.24. The lowest BCUT2D eigenvalue weighted by molar-refractivity contribution is 0.0157. The summed E-state index contributed by atoms with van der Waals surface area (Å²) in [4.78, 5) is 7.28. The van der Waals surface area contributed by atoms with E-state index >= 15 is 0 Å². The summed E-state index contributed by atoms with van der Waals surface area (Å²) >= 11 is 1.79. The molecule has 2 heterocycles. The van der Waals surface area contributed by atoms with E-state index in [0.29, 0.717) is 11.5 Å². The van der Waals surface area contributed by atoms with E-state index in [1.54, 1.807) is 11.3 Å². The summed E-state index contributed by atoms with van der Waals surface area (Å²) in [5.41, 5.74) is 1.68. The Labute approximate surface area is 127 Å². The van der Waals surface area contributed by atoms with Gasteiger partial charge in [0, 0.05) is 35.7 Å². The standard InChI is InChI=1S/C16H29N3S/c1-7-16(6)11-17-13(15(3,4)5)8-19(16)9-14-18-12(2)10-20-14/h10,13,17H,7-9,11H2,1-6H3. The fourth-order valence-corrected chi connectivity index (χ4v) is 3.57. The molecule has 1 aromatic heterocycles. The fraction of sp³-hybridized carbons (Fsp3) is 0.812. The molecule has 2 atom stereocenters. The van der Waals surface area contributed by atoms with Gasteiger partial charge in [0.25, 0.3) is 0 Å². The number of rotatable bonds is 3. The van der Waals surface area contributed by atoms with E-state index in [4.69, 9.17) is 0 Å². The van der Waals surface area contributed by atoms with Gasteiger partial charge in [0.2, 0.25) is 0 Å². The molecule has 0 amide bonds. The van der Waals surface area contributed by atoms with Crippen molar-refractivity contribution in [1.29, 1.82) is 0 Å². The van der Waals surface area contributed by atoms with Gasteiger partial charge >= 0.3 is 0 Å². The lowest BCUT2D eigenvalue weighted by Gasteiger charge is -2.50. The highest BCUT2D eigenvalue weighted by Crippen LogP contribution is 2.31. The van der Waals surface area contributed by atoms with Crippen LogP contribution in [0.5, 0.6) is 0 Å². The summed E-state index contributed by atoms with van der Waals surface area (Å²) in [5, 5.41) is 7.16. The molecule has 0 bridgehead atoms. The molecule has 0 radical (unpaired) electrons. The second kappa shape index (κ2) is 5.74. The fourth-order valence-electron chi connectivity index (χ4n) is 2.78. The quantitative estimate of drug-likeness (QED) is 0.926. The van der Waals surface area contributed by atoms with Gasteiger partial charge in [0.05, 0.1) is 6.54 Å². The number of piperazine rings is 1. The van der Waals surface area contributed by atoms with Gasteiger partial charge < -0.3 is 5.32 Å². The van der Waals surface area contributed by atoms with Crippen molar-refractivity contribution in [3.63, 3.8) is 0 Å². The summed E-state index contributed by atoms with van der Waals surface area (Å²) in [7, 11) is 0. The zero-order valence-electron chi connectivity index (χ0n) is 13.8. The molecule has 20 heavy (non-hydrogen) atoms. The Balaban J connectivity index is 2.15. The molecule has 4 heteroatoms. The monoisotopic (exact) mass is 295 g/mol. The Morgan fingerprint density at radius 2 is 2.20 bits per heavy atom. The highest BCUT2D eigenvalue weighted by Gasteiger charge is 2.40. The first-order valence-corrected chi connectivity index (χ1v) is 8.52. The summed E-state index contributed by atoms with van der Waals surface area (Å²) in [6, 6.07) is 0.545. The van der Waals surface area contributed by atoms with E-state index in [1.807, 2.05) is 0 Å². The molecule has 0 spiro atoms. The van der Waals surface area contributed by atoms with Crippen LogP contribution in [0.25, 0.3) is 0 Å². The van der Waals surface area contributed by atoms with Crippen LogP contribution in [-0.4, -0.2) is 34.6 Å². The van der Waals surface area contributed by atoms with Gasteiger partial charge in [-0.05, 0) is 25.7 Å². The van der Waals surface area contributed by atoms with Crippen molar-refractivity contribution in [2.75, 3.05) is 13.1 Å². The van der Waals surface area contributed by atoms with Crippen LogP contribution >= 0.6 is 11.3 Å². The Hall–Kier alpha value is -0.450. The van der Waals surface area contributed by atoms with Gasteiger partial charge in [-0.3, -0.25) is 4.90 Å². The van der Waals surface area contributed by atoms with E-state index in [9.17, 15) is 0 Å². The average molecular weight is 295 g/mol. The lowest BCUT2D eigenvalue weighted by Crippen LogP contribution is -2.65. The molecule has 2 unspecified atom stereocenters.